The maximum atomic E-state index is 13.1. The fourth-order valence-corrected chi connectivity index (χ4v) is 4.23. The van der Waals surface area contributed by atoms with Crippen LogP contribution in [0.5, 0.6) is 11.9 Å². The third-order valence-corrected chi connectivity index (χ3v) is 6.75. The van der Waals surface area contributed by atoms with E-state index in [0.29, 0.717) is 21.8 Å². The normalized spacial score (nSPS) is 11.1. The highest BCUT2D eigenvalue weighted by molar-refractivity contribution is 9.10. The predicted octanol–water partition coefficient (Wildman–Crippen LogP) is 4.00. The molecule has 0 bridgehead atoms. The van der Waals surface area contributed by atoms with Crippen LogP contribution in [0, 0.1) is 0 Å². The van der Waals surface area contributed by atoms with Crippen LogP contribution >= 0.6 is 27.5 Å². The first-order valence-corrected chi connectivity index (χ1v) is 13.0. The predicted molar refractivity (Wildman–Crippen MR) is 138 cm³/mol. The summed E-state index contributed by atoms with van der Waals surface area (Å²) in [6.07, 6.45) is 7.33. The summed E-state index contributed by atoms with van der Waals surface area (Å²) in [5.41, 5.74) is 1.35. The van der Waals surface area contributed by atoms with Crippen LogP contribution in [0.1, 0.15) is 0 Å². The highest BCUT2D eigenvalue weighted by Gasteiger charge is 2.23. The second-order valence-electron chi connectivity index (χ2n) is 7.07. The first kappa shape index (κ1) is 25.5. The van der Waals surface area contributed by atoms with Crippen molar-refractivity contribution in [3.8, 4) is 23.0 Å². The molecule has 0 saturated heterocycles. The number of hydrogen-bond acceptors (Lipinski definition) is 9. The van der Waals surface area contributed by atoms with E-state index in [4.69, 9.17) is 21.1 Å². The van der Waals surface area contributed by atoms with Gasteiger partial charge in [-0.15, -0.1) is 0 Å². The third kappa shape index (κ3) is 6.36. The van der Waals surface area contributed by atoms with E-state index >= 15 is 0 Å². The number of halogens is 2. The molecule has 0 spiro atoms. The van der Waals surface area contributed by atoms with Crippen LogP contribution in [-0.2, 0) is 10.2 Å². The average Bonchev–Trinajstić information content (AvgIpc) is 2.88. The molecule has 0 aliphatic rings. The van der Waals surface area contributed by atoms with E-state index < -0.39 is 10.2 Å². The number of benzene rings is 1. The number of hydrogen-bond donors (Lipinski definition) is 1. The fraction of sp³-hybridized carbons (Fsp3) is 0.136. The number of aromatic nitrogens is 5. The molecule has 4 aromatic rings. The molecular formula is C22H19BrClN7O4S. The SMILES string of the molecule is CN(c1ccncc1)S(=O)(=O)Nc1ncnc(OCCOc2ncc(Br)cn2)c1-c1ccc(Cl)cc1. The van der Waals surface area contributed by atoms with Gasteiger partial charge in [0.15, 0.2) is 5.82 Å². The van der Waals surface area contributed by atoms with Gasteiger partial charge in [-0.1, -0.05) is 23.7 Å². The van der Waals surface area contributed by atoms with E-state index in [9.17, 15) is 8.42 Å². The molecule has 36 heavy (non-hydrogen) atoms. The zero-order valence-corrected chi connectivity index (χ0v) is 21.9. The van der Waals surface area contributed by atoms with Gasteiger partial charge in [-0.3, -0.25) is 9.29 Å². The van der Waals surface area contributed by atoms with Gasteiger partial charge in [0.05, 0.1) is 15.7 Å². The van der Waals surface area contributed by atoms with Crippen LogP contribution in [0.3, 0.4) is 0 Å². The van der Waals surface area contributed by atoms with Gasteiger partial charge in [0.25, 0.3) is 0 Å². The molecule has 186 valence electrons. The first-order valence-electron chi connectivity index (χ1n) is 10.3. The molecule has 3 heterocycles. The Bertz CT molecular complexity index is 1410. The molecule has 3 aromatic heterocycles. The lowest BCUT2D eigenvalue weighted by molar-refractivity contribution is 0.202. The van der Waals surface area contributed by atoms with E-state index in [-0.39, 0.29) is 30.9 Å². The second kappa shape index (κ2) is 11.5. The Hall–Kier alpha value is -3.55. The van der Waals surface area contributed by atoms with E-state index in [0.717, 1.165) is 8.78 Å². The van der Waals surface area contributed by atoms with Crippen LogP contribution in [0.2, 0.25) is 5.02 Å². The standard InChI is InChI=1S/C22H19BrClN7O4S/c1-31(18-6-8-25-9-7-18)36(32,33)30-20-19(15-2-4-17(24)5-3-15)21(29-14-28-20)34-10-11-35-22-26-12-16(23)13-27-22/h2-9,12-14H,10-11H2,1H3,(H,28,29,30). The lowest BCUT2D eigenvalue weighted by Gasteiger charge is -2.21. The molecule has 0 amide bonds. The minimum atomic E-state index is -4.05. The van der Waals surface area contributed by atoms with Gasteiger partial charge in [-0.2, -0.15) is 8.42 Å². The summed E-state index contributed by atoms with van der Waals surface area (Å²) in [4.78, 5) is 20.4. The van der Waals surface area contributed by atoms with Gasteiger partial charge in [0, 0.05) is 36.9 Å². The minimum absolute atomic E-state index is 0.0281. The third-order valence-electron chi connectivity index (χ3n) is 4.71. The van der Waals surface area contributed by atoms with Crippen LogP contribution in [-0.4, -0.2) is 53.6 Å². The van der Waals surface area contributed by atoms with Crippen molar-refractivity contribution in [2.24, 2.45) is 0 Å². The van der Waals surface area contributed by atoms with Crippen molar-refractivity contribution in [1.29, 1.82) is 0 Å². The largest absolute Gasteiger partial charge is 0.473 e. The van der Waals surface area contributed by atoms with Crippen molar-refractivity contribution >= 4 is 49.2 Å². The molecule has 0 unspecified atom stereocenters. The first-order chi connectivity index (χ1) is 17.3. The highest BCUT2D eigenvalue weighted by Crippen LogP contribution is 2.35. The van der Waals surface area contributed by atoms with Gasteiger partial charge in [0.2, 0.25) is 5.88 Å². The topological polar surface area (TPSA) is 132 Å². The lowest BCUT2D eigenvalue weighted by Crippen LogP contribution is -2.33. The summed E-state index contributed by atoms with van der Waals surface area (Å²) in [6, 6.07) is 10.1. The molecule has 0 atom stereocenters. The number of nitrogens with zero attached hydrogens (tertiary/aromatic N) is 6. The highest BCUT2D eigenvalue weighted by atomic mass is 79.9. The minimum Gasteiger partial charge on any atom is -0.473 e. The van der Waals surface area contributed by atoms with Crippen molar-refractivity contribution in [2.75, 3.05) is 29.3 Å². The summed E-state index contributed by atoms with van der Waals surface area (Å²) in [6.45, 7) is 0.206. The summed E-state index contributed by atoms with van der Waals surface area (Å²) in [5, 5.41) is 0.514. The quantitative estimate of drug-likeness (QED) is 0.271. The Balaban J connectivity index is 1.59. The maximum absolute atomic E-state index is 13.1. The van der Waals surface area contributed by atoms with Crippen LogP contribution in [0.4, 0.5) is 11.5 Å². The zero-order valence-electron chi connectivity index (χ0n) is 18.7. The van der Waals surface area contributed by atoms with Crippen molar-refractivity contribution in [3.63, 3.8) is 0 Å². The number of anilines is 2. The molecule has 0 radical (unpaired) electrons. The summed E-state index contributed by atoms with van der Waals surface area (Å²) in [7, 11) is -2.63. The maximum Gasteiger partial charge on any atom is 0.324 e. The Morgan fingerprint density at radius 3 is 2.33 bits per heavy atom. The van der Waals surface area contributed by atoms with Crippen molar-refractivity contribution in [1.82, 2.24) is 24.9 Å². The van der Waals surface area contributed by atoms with E-state index in [1.165, 1.54) is 25.8 Å². The number of pyridine rings is 1. The molecular weight excluding hydrogens is 574 g/mol. The Morgan fingerprint density at radius 1 is 0.972 bits per heavy atom. The fourth-order valence-electron chi connectivity index (χ4n) is 2.96. The van der Waals surface area contributed by atoms with Gasteiger partial charge in [0.1, 0.15) is 19.5 Å². The van der Waals surface area contributed by atoms with Crippen molar-refractivity contribution < 1.29 is 17.9 Å². The zero-order chi connectivity index (χ0) is 25.5. The Labute approximate surface area is 220 Å². The van der Waals surface area contributed by atoms with Gasteiger partial charge >= 0.3 is 16.2 Å². The number of nitrogens with one attached hydrogen (secondary N) is 1. The van der Waals surface area contributed by atoms with E-state index in [1.807, 2.05) is 0 Å². The average molecular weight is 593 g/mol. The summed E-state index contributed by atoms with van der Waals surface area (Å²) >= 11 is 9.31. The smallest absolute Gasteiger partial charge is 0.324 e. The summed E-state index contributed by atoms with van der Waals surface area (Å²) in [5.74, 6) is 0.178. The molecule has 14 heteroatoms. The van der Waals surface area contributed by atoms with Crippen LogP contribution in [0.15, 0.2) is 72.0 Å². The number of rotatable bonds is 10. The second-order valence-corrected chi connectivity index (χ2v) is 10.1. The van der Waals surface area contributed by atoms with Gasteiger partial charge in [-0.05, 0) is 45.8 Å². The van der Waals surface area contributed by atoms with E-state index in [1.54, 1.807) is 48.8 Å². The van der Waals surface area contributed by atoms with E-state index in [2.05, 4.69) is 45.6 Å². The molecule has 1 aromatic carbocycles. The number of ether oxygens (including phenoxy) is 2. The molecule has 0 fully saturated rings. The molecule has 0 aliphatic heterocycles. The van der Waals surface area contributed by atoms with Crippen molar-refractivity contribution in [3.05, 3.63) is 77.0 Å². The van der Waals surface area contributed by atoms with Crippen LogP contribution in [0.25, 0.3) is 11.1 Å². The monoisotopic (exact) mass is 591 g/mol. The molecule has 4 rings (SSSR count). The van der Waals surface area contributed by atoms with Crippen molar-refractivity contribution in [2.45, 2.75) is 0 Å². The molecule has 11 nitrogen and oxygen atoms in total. The molecule has 1 N–H and O–H groups in total. The van der Waals surface area contributed by atoms with Gasteiger partial charge < -0.3 is 9.47 Å². The van der Waals surface area contributed by atoms with Gasteiger partial charge in [-0.25, -0.2) is 24.7 Å². The summed E-state index contributed by atoms with van der Waals surface area (Å²) < 4.78 is 41.9. The Kier molecular flexibility index (Phi) is 8.13. The lowest BCUT2D eigenvalue weighted by atomic mass is 10.1. The van der Waals surface area contributed by atoms with Crippen LogP contribution < -0.4 is 18.5 Å². The Morgan fingerprint density at radius 2 is 1.64 bits per heavy atom. The molecule has 0 saturated carbocycles. The molecule has 0 aliphatic carbocycles.